The van der Waals surface area contributed by atoms with E-state index in [1.165, 1.54) is 11.8 Å². The van der Waals surface area contributed by atoms with Gasteiger partial charge in [0.05, 0.1) is 19.9 Å². The van der Waals surface area contributed by atoms with Crippen LogP contribution in [-0.4, -0.2) is 50.8 Å². The Morgan fingerprint density at radius 3 is 2.76 bits per heavy atom. The van der Waals surface area contributed by atoms with Gasteiger partial charge in [0.15, 0.2) is 5.69 Å². The van der Waals surface area contributed by atoms with Crippen molar-refractivity contribution in [1.29, 1.82) is 0 Å². The number of carbonyl (C=O) groups is 2. The Morgan fingerprint density at radius 1 is 1.43 bits per heavy atom. The Kier molecular flexibility index (Phi) is 4.31. The number of methoxy groups -OCH3 is 1. The van der Waals surface area contributed by atoms with Gasteiger partial charge in [-0.15, -0.1) is 5.10 Å². The number of aryl methyl sites for hydroxylation is 2. The van der Waals surface area contributed by atoms with Gasteiger partial charge in [0.1, 0.15) is 5.69 Å². The molecule has 2 aromatic heterocycles. The number of nitrogens with zero attached hydrogens (tertiary/aromatic N) is 5. The van der Waals surface area contributed by atoms with Gasteiger partial charge in [-0.25, -0.2) is 9.48 Å². The van der Waals surface area contributed by atoms with Gasteiger partial charge in [-0.1, -0.05) is 5.21 Å². The minimum Gasteiger partial charge on any atom is -0.464 e. The largest absolute Gasteiger partial charge is 0.464 e. The SMILES string of the molecule is CNC(=O)CCn1nnc(C(=O)OC)c1-c1cnn(C)c1. The Balaban J connectivity index is 2.39. The van der Waals surface area contributed by atoms with Crippen molar-refractivity contribution in [3.8, 4) is 11.3 Å². The summed E-state index contributed by atoms with van der Waals surface area (Å²) in [4.78, 5) is 23.1. The Bertz CT molecular complexity index is 660. The Morgan fingerprint density at radius 2 is 2.19 bits per heavy atom. The lowest BCUT2D eigenvalue weighted by molar-refractivity contribution is -0.120. The average Bonchev–Trinajstić information content (AvgIpc) is 3.09. The summed E-state index contributed by atoms with van der Waals surface area (Å²) >= 11 is 0. The van der Waals surface area contributed by atoms with E-state index in [2.05, 4.69) is 20.7 Å². The number of amides is 1. The number of hydrogen-bond donors (Lipinski definition) is 1. The standard InChI is InChI=1S/C12H16N6O3/c1-13-9(19)4-5-18-11(8-6-14-17(2)7-8)10(15-16-18)12(20)21-3/h6-7H,4-5H2,1-3H3,(H,13,19). The van der Waals surface area contributed by atoms with Gasteiger partial charge in [-0.2, -0.15) is 5.10 Å². The van der Waals surface area contributed by atoms with Crippen molar-refractivity contribution in [2.75, 3.05) is 14.2 Å². The normalized spacial score (nSPS) is 10.4. The molecule has 1 N–H and O–H groups in total. The molecule has 21 heavy (non-hydrogen) atoms. The molecule has 0 bridgehead atoms. The highest BCUT2D eigenvalue weighted by Gasteiger charge is 2.23. The van der Waals surface area contributed by atoms with E-state index in [0.717, 1.165) is 0 Å². The van der Waals surface area contributed by atoms with Gasteiger partial charge in [0, 0.05) is 32.3 Å². The zero-order chi connectivity index (χ0) is 15.4. The summed E-state index contributed by atoms with van der Waals surface area (Å²) in [7, 11) is 4.60. The molecule has 2 aromatic rings. The van der Waals surface area contributed by atoms with Crippen LogP contribution in [0.3, 0.4) is 0 Å². The Hall–Kier alpha value is -2.71. The summed E-state index contributed by atoms with van der Waals surface area (Å²) in [6, 6.07) is 0. The molecule has 9 heteroatoms. The van der Waals surface area contributed by atoms with Gasteiger partial charge in [-0.05, 0) is 0 Å². The number of rotatable bonds is 5. The first-order valence-corrected chi connectivity index (χ1v) is 6.28. The van der Waals surface area contributed by atoms with E-state index in [1.54, 1.807) is 31.2 Å². The zero-order valence-electron chi connectivity index (χ0n) is 12.0. The van der Waals surface area contributed by atoms with Crippen LogP contribution in [-0.2, 0) is 23.1 Å². The van der Waals surface area contributed by atoms with Crippen LogP contribution in [0.15, 0.2) is 12.4 Å². The van der Waals surface area contributed by atoms with Crippen molar-refractivity contribution < 1.29 is 14.3 Å². The second-order valence-corrected chi connectivity index (χ2v) is 4.33. The van der Waals surface area contributed by atoms with E-state index in [9.17, 15) is 9.59 Å². The van der Waals surface area contributed by atoms with Crippen LogP contribution in [0.4, 0.5) is 0 Å². The maximum atomic E-state index is 11.8. The van der Waals surface area contributed by atoms with Crippen molar-refractivity contribution in [1.82, 2.24) is 30.1 Å². The molecule has 0 saturated carbocycles. The summed E-state index contributed by atoms with van der Waals surface area (Å²) in [5.74, 6) is -0.706. The smallest absolute Gasteiger partial charge is 0.360 e. The minimum absolute atomic E-state index is 0.0995. The van der Waals surface area contributed by atoms with Crippen LogP contribution >= 0.6 is 0 Å². The van der Waals surface area contributed by atoms with Gasteiger partial charge >= 0.3 is 5.97 Å². The zero-order valence-corrected chi connectivity index (χ0v) is 12.0. The number of ether oxygens (including phenoxy) is 1. The van der Waals surface area contributed by atoms with E-state index < -0.39 is 5.97 Å². The molecule has 9 nitrogen and oxygen atoms in total. The van der Waals surface area contributed by atoms with Crippen LogP contribution < -0.4 is 5.32 Å². The Labute approximate surface area is 120 Å². The summed E-state index contributed by atoms with van der Waals surface area (Å²) in [5, 5.41) is 14.4. The minimum atomic E-state index is -0.583. The number of nitrogens with one attached hydrogen (secondary N) is 1. The molecule has 2 heterocycles. The van der Waals surface area contributed by atoms with Crippen molar-refractivity contribution in [2.24, 2.45) is 7.05 Å². The monoisotopic (exact) mass is 292 g/mol. The van der Waals surface area contributed by atoms with Gasteiger partial charge in [0.25, 0.3) is 0 Å². The fourth-order valence-corrected chi connectivity index (χ4v) is 1.87. The molecule has 0 aliphatic carbocycles. The van der Waals surface area contributed by atoms with Crippen molar-refractivity contribution in [3.05, 3.63) is 18.1 Å². The van der Waals surface area contributed by atoms with Crippen molar-refractivity contribution >= 4 is 11.9 Å². The number of hydrogen-bond acceptors (Lipinski definition) is 6. The maximum Gasteiger partial charge on any atom is 0.360 e. The van der Waals surface area contributed by atoms with Crippen LogP contribution in [0.2, 0.25) is 0 Å². The highest BCUT2D eigenvalue weighted by molar-refractivity contribution is 5.93. The molecular formula is C12H16N6O3. The molecule has 112 valence electrons. The third-order valence-corrected chi connectivity index (χ3v) is 2.92. The molecule has 0 atom stereocenters. The number of esters is 1. The van der Waals surface area contributed by atoms with Crippen molar-refractivity contribution in [2.45, 2.75) is 13.0 Å². The first-order chi connectivity index (χ1) is 10.1. The highest BCUT2D eigenvalue weighted by atomic mass is 16.5. The van der Waals surface area contributed by atoms with Crippen molar-refractivity contribution in [3.63, 3.8) is 0 Å². The molecule has 1 amide bonds. The first-order valence-electron chi connectivity index (χ1n) is 6.28. The van der Waals surface area contributed by atoms with Gasteiger partial charge in [-0.3, -0.25) is 9.48 Å². The topological polar surface area (TPSA) is 104 Å². The van der Waals surface area contributed by atoms with E-state index in [1.807, 2.05) is 0 Å². The van der Waals surface area contributed by atoms with Crippen LogP contribution in [0, 0.1) is 0 Å². The predicted octanol–water partition coefficient (Wildman–Crippen LogP) is -0.399. The quantitative estimate of drug-likeness (QED) is 0.752. The molecule has 0 aromatic carbocycles. The van der Waals surface area contributed by atoms with E-state index in [4.69, 9.17) is 4.74 Å². The van der Waals surface area contributed by atoms with E-state index >= 15 is 0 Å². The average molecular weight is 292 g/mol. The first kappa shape index (κ1) is 14.7. The van der Waals surface area contributed by atoms with Crippen LogP contribution in [0.25, 0.3) is 11.3 Å². The fraction of sp³-hybridized carbons (Fsp3) is 0.417. The van der Waals surface area contributed by atoms with Gasteiger partial charge in [0.2, 0.25) is 5.91 Å². The number of aromatic nitrogens is 5. The second-order valence-electron chi connectivity index (χ2n) is 4.33. The van der Waals surface area contributed by atoms with E-state index in [-0.39, 0.29) is 18.0 Å². The van der Waals surface area contributed by atoms with Gasteiger partial charge < -0.3 is 10.1 Å². The molecule has 0 aliphatic rings. The summed E-state index contributed by atoms with van der Waals surface area (Å²) in [6.45, 7) is 0.299. The van der Waals surface area contributed by atoms with Crippen LogP contribution in [0.5, 0.6) is 0 Å². The maximum absolute atomic E-state index is 11.8. The molecule has 0 fully saturated rings. The van der Waals surface area contributed by atoms with E-state index in [0.29, 0.717) is 17.8 Å². The molecule has 0 unspecified atom stereocenters. The summed E-state index contributed by atoms with van der Waals surface area (Å²) in [5.41, 5.74) is 1.26. The lowest BCUT2D eigenvalue weighted by Gasteiger charge is -2.05. The molecule has 0 saturated heterocycles. The molecule has 0 aliphatic heterocycles. The number of carbonyl (C=O) groups excluding carboxylic acids is 2. The molecule has 0 spiro atoms. The summed E-state index contributed by atoms with van der Waals surface area (Å²) in [6.07, 6.45) is 3.57. The highest BCUT2D eigenvalue weighted by Crippen LogP contribution is 2.22. The second kappa shape index (κ2) is 6.16. The molecular weight excluding hydrogens is 276 g/mol. The fourth-order valence-electron chi connectivity index (χ4n) is 1.87. The lowest BCUT2D eigenvalue weighted by Crippen LogP contribution is -2.20. The lowest BCUT2D eigenvalue weighted by atomic mass is 10.2. The third kappa shape index (κ3) is 3.07. The third-order valence-electron chi connectivity index (χ3n) is 2.92. The summed E-state index contributed by atoms with van der Waals surface area (Å²) < 4.78 is 7.81. The van der Waals surface area contributed by atoms with Crippen LogP contribution in [0.1, 0.15) is 16.9 Å². The predicted molar refractivity (Wildman–Crippen MR) is 72.2 cm³/mol. The molecule has 0 radical (unpaired) electrons. The molecule has 2 rings (SSSR count).